The molecule has 2 aromatic heterocycles. The van der Waals surface area contributed by atoms with Crippen molar-refractivity contribution in [2.45, 2.75) is 0 Å². The van der Waals surface area contributed by atoms with Crippen molar-refractivity contribution in [3.8, 4) is 11.8 Å². The van der Waals surface area contributed by atoms with Crippen molar-refractivity contribution < 1.29 is 9.90 Å². The van der Waals surface area contributed by atoms with Crippen LogP contribution in [0.1, 0.15) is 15.9 Å². The average molecular weight is 245 g/mol. The standard InChI is InChI=1S/C11H7N3O2S/c12-4-7-1-2-17-11(7)14-10(16)8-3-9(15)6-13-5-8/h1-3,5-6,15H,(H,14,16). The van der Waals surface area contributed by atoms with Crippen LogP contribution in [-0.4, -0.2) is 16.0 Å². The van der Waals surface area contributed by atoms with Crippen molar-refractivity contribution in [2.75, 3.05) is 5.32 Å². The van der Waals surface area contributed by atoms with Crippen molar-refractivity contribution in [1.82, 2.24) is 4.98 Å². The third-order valence-electron chi connectivity index (χ3n) is 2.00. The average Bonchev–Trinajstić information content (AvgIpc) is 2.76. The lowest BCUT2D eigenvalue weighted by Crippen LogP contribution is -2.11. The third-order valence-corrected chi connectivity index (χ3v) is 2.83. The van der Waals surface area contributed by atoms with Crippen LogP contribution in [-0.2, 0) is 0 Å². The van der Waals surface area contributed by atoms with Gasteiger partial charge in [-0.25, -0.2) is 0 Å². The molecule has 0 spiro atoms. The minimum atomic E-state index is -0.410. The minimum Gasteiger partial charge on any atom is -0.506 e. The summed E-state index contributed by atoms with van der Waals surface area (Å²) in [6.45, 7) is 0. The molecule has 2 N–H and O–H groups in total. The van der Waals surface area contributed by atoms with Gasteiger partial charge in [-0.1, -0.05) is 0 Å². The lowest BCUT2D eigenvalue weighted by atomic mass is 10.2. The molecule has 2 aromatic rings. The zero-order valence-electron chi connectivity index (χ0n) is 8.54. The SMILES string of the molecule is N#Cc1ccsc1NC(=O)c1cncc(O)c1. The number of nitriles is 1. The summed E-state index contributed by atoms with van der Waals surface area (Å²) < 4.78 is 0. The minimum absolute atomic E-state index is 0.0793. The summed E-state index contributed by atoms with van der Waals surface area (Å²) in [7, 11) is 0. The van der Waals surface area contributed by atoms with Crippen molar-refractivity contribution >= 4 is 22.2 Å². The van der Waals surface area contributed by atoms with Crippen molar-refractivity contribution in [1.29, 1.82) is 5.26 Å². The number of hydrogen-bond donors (Lipinski definition) is 2. The lowest BCUT2D eigenvalue weighted by Gasteiger charge is -2.02. The number of aromatic hydroxyl groups is 1. The maximum Gasteiger partial charge on any atom is 0.258 e. The number of hydrogen-bond acceptors (Lipinski definition) is 5. The number of carbonyl (C=O) groups is 1. The Hall–Kier alpha value is -2.39. The number of carbonyl (C=O) groups excluding carboxylic acids is 1. The highest BCUT2D eigenvalue weighted by molar-refractivity contribution is 7.14. The lowest BCUT2D eigenvalue weighted by molar-refractivity contribution is 0.102. The Morgan fingerprint density at radius 2 is 2.35 bits per heavy atom. The predicted octanol–water partition coefficient (Wildman–Crippen LogP) is 1.97. The molecular formula is C11H7N3O2S. The third kappa shape index (κ3) is 2.41. The van der Waals surface area contributed by atoms with Gasteiger partial charge in [0.05, 0.1) is 17.3 Å². The molecule has 0 aromatic carbocycles. The van der Waals surface area contributed by atoms with Crippen LogP contribution < -0.4 is 5.32 Å². The smallest absolute Gasteiger partial charge is 0.258 e. The van der Waals surface area contributed by atoms with Crippen LogP contribution in [0.25, 0.3) is 0 Å². The fraction of sp³-hybridized carbons (Fsp3) is 0. The van der Waals surface area contributed by atoms with E-state index in [0.717, 1.165) is 0 Å². The van der Waals surface area contributed by atoms with Gasteiger partial charge in [0.2, 0.25) is 0 Å². The monoisotopic (exact) mass is 245 g/mol. The van der Waals surface area contributed by atoms with Crippen LogP contribution in [0.5, 0.6) is 5.75 Å². The van der Waals surface area contributed by atoms with Gasteiger partial charge < -0.3 is 10.4 Å². The first kappa shape index (κ1) is 11.1. The summed E-state index contributed by atoms with van der Waals surface area (Å²) in [5, 5.41) is 22.8. The Balaban J connectivity index is 2.21. The van der Waals surface area contributed by atoms with E-state index in [9.17, 15) is 9.90 Å². The Morgan fingerprint density at radius 3 is 3.06 bits per heavy atom. The molecule has 84 valence electrons. The van der Waals surface area contributed by atoms with Gasteiger partial charge in [-0.2, -0.15) is 5.26 Å². The molecule has 2 heterocycles. The first-order chi connectivity index (χ1) is 8.20. The number of anilines is 1. The second kappa shape index (κ2) is 4.63. The molecule has 5 nitrogen and oxygen atoms in total. The molecule has 0 aliphatic rings. The fourth-order valence-electron chi connectivity index (χ4n) is 1.22. The van der Waals surface area contributed by atoms with Gasteiger partial charge in [0.1, 0.15) is 16.8 Å². The number of nitrogens with zero attached hydrogens (tertiary/aromatic N) is 2. The van der Waals surface area contributed by atoms with Gasteiger partial charge in [-0.15, -0.1) is 11.3 Å². The van der Waals surface area contributed by atoms with E-state index in [2.05, 4.69) is 10.3 Å². The van der Waals surface area contributed by atoms with Gasteiger partial charge in [-0.3, -0.25) is 9.78 Å². The quantitative estimate of drug-likeness (QED) is 0.846. The van der Waals surface area contributed by atoms with Gasteiger partial charge in [0, 0.05) is 6.20 Å². The highest BCUT2D eigenvalue weighted by Crippen LogP contribution is 2.23. The van der Waals surface area contributed by atoms with E-state index < -0.39 is 5.91 Å². The van der Waals surface area contributed by atoms with Crippen molar-refractivity contribution in [3.63, 3.8) is 0 Å². The summed E-state index contributed by atoms with van der Waals surface area (Å²) >= 11 is 1.26. The number of rotatable bonds is 2. The number of nitrogens with one attached hydrogen (secondary N) is 1. The molecule has 0 radical (unpaired) electrons. The number of thiophene rings is 1. The maximum absolute atomic E-state index is 11.8. The van der Waals surface area contributed by atoms with Crippen LogP contribution >= 0.6 is 11.3 Å². The molecule has 0 bridgehead atoms. The molecule has 0 fully saturated rings. The van der Waals surface area contributed by atoms with E-state index in [1.807, 2.05) is 6.07 Å². The summed E-state index contributed by atoms with van der Waals surface area (Å²) in [6.07, 6.45) is 2.58. The number of amides is 1. The molecule has 0 aliphatic carbocycles. The van der Waals surface area contributed by atoms with Crippen LogP contribution in [0.3, 0.4) is 0 Å². The van der Waals surface area contributed by atoms with Crippen LogP contribution in [0, 0.1) is 11.3 Å². The van der Waals surface area contributed by atoms with E-state index in [-0.39, 0.29) is 11.3 Å². The van der Waals surface area contributed by atoms with Crippen LogP contribution in [0.15, 0.2) is 29.9 Å². The van der Waals surface area contributed by atoms with Gasteiger partial charge in [-0.05, 0) is 17.5 Å². The second-order valence-electron chi connectivity index (χ2n) is 3.16. The zero-order chi connectivity index (χ0) is 12.3. The zero-order valence-corrected chi connectivity index (χ0v) is 9.36. The molecule has 0 saturated carbocycles. The van der Waals surface area contributed by atoms with E-state index >= 15 is 0 Å². The molecule has 1 amide bonds. The number of pyridine rings is 1. The first-order valence-electron chi connectivity index (χ1n) is 4.63. The Bertz CT molecular complexity index is 601. The summed E-state index contributed by atoms with van der Waals surface area (Å²) in [5.41, 5.74) is 0.652. The summed E-state index contributed by atoms with van der Waals surface area (Å²) in [5.74, 6) is -0.489. The molecule has 0 saturated heterocycles. The maximum atomic E-state index is 11.8. The van der Waals surface area contributed by atoms with Crippen molar-refractivity contribution in [2.24, 2.45) is 0 Å². The molecule has 0 aliphatic heterocycles. The first-order valence-corrected chi connectivity index (χ1v) is 5.51. The van der Waals surface area contributed by atoms with Crippen LogP contribution in [0.2, 0.25) is 0 Å². The molecular weight excluding hydrogens is 238 g/mol. The van der Waals surface area contributed by atoms with E-state index in [1.54, 1.807) is 11.4 Å². The highest BCUT2D eigenvalue weighted by atomic mass is 32.1. The van der Waals surface area contributed by atoms with Crippen molar-refractivity contribution in [3.05, 3.63) is 41.0 Å². The fourth-order valence-corrected chi connectivity index (χ4v) is 1.95. The molecule has 2 rings (SSSR count). The Labute approximate surface area is 101 Å². The summed E-state index contributed by atoms with van der Waals surface area (Å²) in [4.78, 5) is 15.5. The van der Waals surface area contributed by atoms with Gasteiger partial charge in [0.15, 0.2) is 0 Å². The van der Waals surface area contributed by atoms with Crippen LogP contribution in [0.4, 0.5) is 5.00 Å². The van der Waals surface area contributed by atoms with Gasteiger partial charge >= 0.3 is 0 Å². The Morgan fingerprint density at radius 1 is 1.53 bits per heavy atom. The molecule has 17 heavy (non-hydrogen) atoms. The predicted molar refractivity (Wildman–Crippen MR) is 62.9 cm³/mol. The highest BCUT2D eigenvalue weighted by Gasteiger charge is 2.10. The second-order valence-corrected chi connectivity index (χ2v) is 4.08. The molecule has 0 atom stereocenters. The normalized spacial score (nSPS) is 9.59. The number of aromatic nitrogens is 1. The molecule has 0 unspecified atom stereocenters. The van der Waals surface area contributed by atoms with E-state index in [4.69, 9.17) is 5.26 Å². The largest absolute Gasteiger partial charge is 0.506 e. The topological polar surface area (TPSA) is 86.0 Å². The van der Waals surface area contributed by atoms with E-state index in [0.29, 0.717) is 10.6 Å². The molecule has 6 heteroatoms. The summed E-state index contributed by atoms with van der Waals surface area (Å²) in [6, 6.07) is 4.91. The Kier molecular flexibility index (Phi) is 3.03. The van der Waals surface area contributed by atoms with E-state index in [1.165, 1.54) is 29.8 Å². The van der Waals surface area contributed by atoms with Gasteiger partial charge in [0.25, 0.3) is 5.91 Å².